The van der Waals surface area contributed by atoms with Crippen molar-refractivity contribution in [2.24, 2.45) is 23.7 Å². The maximum Gasteiger partial charge on any atom is 0.0713 e. The number of aryl methyl sites for hydroxylation is 1. The van der Waals surface area contributed by atoms with Crippen LogP contribution >= 0.6 is 0 Å². The van der Waals surface area contributed by atoms with Crippen molar-refractivity contribution in [1.82, 2.24) is 0 Å². The van der Waals surface area contributed by atoms with E-state index in [2.05, 4.69) is 43.3 Å². The fraction of sp³-hybridized carbons (Fsp3) is 0.758. The quantitative estimate of drug-likeness (QED) is 0.184. The molecule has 0 saturated heterocycles. The molecule has 1 nitrogen and oxygen atoms in total. The largest absolute Gasteiger partial charge is 0.380 e. The first-order chi connectivity index (χ1) is 16.8. The third-order valence-electron chi connectivity index (χ3n) is 8.86. The normalized spacial score (nSPS) is 25.7. The minimum absolute atomic E-state index is 0.723. The molecule has 0 radical (unpaired) electrons. The van der Waals surface area contributed by atoms with Crippen molar-refractivity contribution in [3.8, 4) is 0 Å². The average Bonchev–Trinajstić information content (AvgIpc) is 2.87. The zero-order chi connectivity index (χ0) is 23.8. The zero-order valence-electron chi connectivity index (χ0n) is 22.6. The van der Waals surface area contributed by atoms with Crippen LogP contribution in [0.2, 0.25) is 0 Å². The number of hydrogen-bond acceptors (Lipinski definition) is 1. The van der Waals surface area contributed by atoms with Gasteiger partial charge in [-0.15, -0.1) is 0 Å². The van der Waals surface area contributed by atoms with Gasteiger partial charge in [0, 0.05) is 7.11 Å². The van der Waals surface area contributed by atoms with E-state index in [9.17, 15) is 0 Å². The lowest BCUT2D eigenvalue weighted by Gasteiger charge is -2.29. The summed E-state index contributed by atoms with van der Waals surface area (Å²) >= 11 is 0. The van der Waals surface area contributed by atoms with Crippen LogP contribution in [0.1, 0.15) is 127 Å². The Hall–Kier alpha value is -1.08. The van der Waals surface area contributed by atoms with Gasteiger partial charge < -0.3 is 4.74 Å². The standard InChI is InChI=1S/C33H54O/c1-3-4-5-10-28-15-17-29(18-16-28)11-6-7-12-30-19-21-31(22-20-30)13-8-9-14-32-23-25-33(26-24-32)27-34-2/h5,10,23-26,28-31H,3-4,6-9,11-22,27H2,1-2H3/t28-,29-,30-,31-. The molecule has 0 aliphatic heterocycles. The molecule has 0 atom stereocenters. The van der Waals surface area contributed by atoms with E-state index in [-0.39, 0.29) is 0 Å². The lowest BCUT2D eigenvalue weighted by molar-refractivity contribution is 0.185. The van der Waals surface area contributed by atoms with E-state index in [1.807, 2.05) is 0 Å². The first-order valence-corrected chi connectivity index (χ1v) is 15.0. The van der Waals surface area contributed by atoms with Gasteiger partial charge in [-0.25, -0.2) is 0 Å². The maximum absolute atomic E-state index is 5.21. The number of hydrogen-bond donors (Lipinski definition) is 0. The molecule has 192 valence electrons. The van der Waals surface area contributed by atoms with Gasteiger partial charge in [-0.05, 0) is 79.7 Å². The van der Waals surface area contributed by atoms with E-state index in [1.54, 1.807) is 7.11 Å². The summed E-state index contributed by atoms with van der Waals surface area (Å²) in [5, 5.41) is 0. The number of rotatable bonds is 15. The highest BCUT2D eigenvalue weighted by Crippen LogP contribution is 2.36. The van der Waals surface area contributed by atoms with Crippen LogP contribution in [0.25, 0.3) is 0 Å². The molecular weight excluding hydrogens is 412 g/mol. The summed E-state index contributed by atoms with van der Waals surface area (Å²) < 4.78 is 5.21. The Morgan fingerprint density at radius 1 is 0.706 bits per heavy atom. The van der Waals surface area contributed by atoms with Gasteiger partial charge in [-0.3, -0.25) is 0 Å². The molecule has 0 amide bonds. The Bertz CT molecular complexity index is 644. The lowest BCUT2D eigenvalue weighted by atomic mass is 9.77. The molecule has 2 fully saturated rings. The van der Waals surface area contributed by atoms with E-state index in [0.717, 1.165) is 30.3 Å². The van der Waals surface area contributed by atoms with Crippen LogP contribution in [-0.4, -0.2) is 7.11 Å². The molecule has 0 heterocycles. The summed E-state index contributed by atoms with van der Waals surface area (Å²) in [4.78, 5) is 0. The summed E-state index contributed by atoms with van der Waals surface area (Å²) in [6.45, 7) is 3.00. The van der Waals surface area contributed by atoms with Crippen LogP contribution in [0.3, 0.4) is 0 Å². The second kappa shape index (κ2) is 16.6. The zero-order valence-corrected chi connectivity index (χ0v) is 22.6. The third kappa shape index (κ3) is 10.7. The van der Waals surface area contributed by atoms with Gasteiger partial charge >= 0.3 is 0 Å². The molecule has 2 aliphatic rings. The first kappa shape index (κ1) is 27.5. The number of allylic oxidation sites excluding steroid dienone is 2. The molecule has 3 rings (SSSR count). The smallest absolute Gasteiger partial charge is 0.0713 e. The van der Waals surface area contributed by atoms with Crippen LogP contribution in [0, 0.1) is 23.7 Å². The second-order valence-electron chi connectivity index (χ2n) is 11.7. The van der Waals surface area contributed by atoms with Gasteiger partial charge in [-0.2, -0.15) is 0 Å². The molecule has 1 heteroatoms. The van der Waals surface area contributed by atoms with Gasteiger partial charge in [0.25, 0.3) is 0 Å². The van der Waals surface area contributed by atoms with Crippen LogP contribution < -0.4 is 0 Å². The maximum atomic E-state index is 5.21. The van der Waals surface area contributed by atoms with Crippen molar-refractivity contribution in [2.45, 2.75) is 129 Å². The van der Waals surface area contributed by atoms with E-state index < -0.39 is 0 Å². The van der Waals surface area contributed by atoms with E-state index in [4.69, 9.17) is 4.74 Å². The molecule has 0 N–H and O–H groups in total. The number of methoxy groups -OCH3 is 1. The van der Waals surface area contributed by atoms with Crippen molar-refractivity contribution < 1.29 is 4.74 Å². The second-order valence-corrected chi connectivity index (χ2v) is 11.7. The summed E-state index contributed by atoms with van der Waals surface area (Å²) in [5.41, 5.74) is 2.77. The molecule has 2 aliphatic carbocycles. The Kier molecular flexibility index (Phi) is 13.4. The molecule has 0 spiro atoms. The van der Waals surface area contributed by atoms with Crippen LogP contribution in [0.15, 0.2) is 36.4 Å². The van der Waals surface area contributed by atoms with Crippen LogP contribution in [-0.2, 0) is 17.8 Å². The minimum atomic E-state index is 0.723. The molecule has 1 aromatic carbocycles. The molecule has 1 aromatic rings. The molecule has 0 bridgehead atoms. The molecule has 34 heavy (non-hydrogen) atoms. The van der Waals surface area contributed by atoms with E-state index >= 15 is 0 Å². The molecule has 2 saturated carbocycles. The van der Waals surface area contributed by atoms with Gasteiger partial charge in [0.2, 0.25) is 0 Å². The van der Waals surface area contributed by atoms with Crippen molar-refractivity contribution in [1.29, 1.82) is 0 Å². The van der Waals surface area contributed by atoms with E-state index in [0.29, 0.717) is 0 Å². The Balaban J connectivity index is 1.16. The SMILES string of the molecule is CCCC=C[C@H]1CC[C@H](CCCC[C@H]2CC[C@H](CCCCc3ccc(COC)cc3)CC2)CC1. The van der Waals surface area contributed by atoms with Crippen molar-refractivity contribution in [3.05, 3.63) is 47.5 Å². The van der Waals surface area contributed by atoms with E-state index in [1.165, 1.54) is 127 Å². The van der Waals surface area contributed by atoms with Crippen LogP contribution in [0.5, 0.6) is 0 Å². The predicted molar refractivity (Wildman–Crippen MR) is 148 cm³/mol. The average molecular weight is 467 g/mol. The summed E-state index contributed by atoms with van der Waals surface area (Å²) in [6, 6.07) is 9.02. The van der Waals surface area contributed by atoms with Crippen LogP contribution in [0.4, 0.5) is 0 Å². The molecular formula is C33H54O. The monoisotopic (exact) mass is 466 g/mol. The summed E-state index contributed by atoms with van der Waals surface area (Å²) in [7, 11) is 1.77. The van der Waals surface area contributed by atoms with Gasteiger partial charge in [0.15, 0.2) is 0 Å². The minimum Gasteiger partial charge on any atom is -0.380 e. The van der Waals surface area contributed by atoms with Gasteiger partial charge in [-0.1, -0.05) is 114 Å². The highest BCUT2D eigenvalue weighted by atomic mass is 16.5. The lowest BCUT2D eigenvalue weighted by Crippen LogP contribution is -2.15. The Morgan fingerprint density at radius 2 is 1.21 bits per heavy atom. The topological polar surface area (TPSA) is 9.23 Å². The fourth-order valence-corrected chi connectivity index (χ4v) is 6.53. The van der Waals surface area contributed by atoms with Crippen molar-refractivity contribution >= 4 is 0 Å². The third-order valence-corrected chi connectivity index (χ3v) is 8.86. The molecule has 0 aromatic heterocycles. The summed E-state index contributed by atoms with van der Waals surface area (Å²) in [6.07, 6.45) is 30.9. The molecule has 0 unspecified atom stereocenters. The number of benzene rings is 1. The first-order valence-electron chi connectivity index (χ1n) is 15.0. The fourth-order valence-electron chi connectivity index (χ4n) is 6.53. The summed E-state index contributed by atoms with van der Waals surface area (Å²) in [5.74, 6) is 3.99. The van der Waals surface area contributed by atoms with Gasteiger partial charge in [0.05, 0.1) is 6.61 Å². The number of ether oxygens (including phenoxy) is 1. The highest BCUT2D eigenvalue weighted by molar-refractivity contribution is 5.22. The van der Waals surface area contributed by atoms with Gasteiger partial charge in [0.1, 0.15) is 0 Å². The van der Waals surface area contributed by atoms with Crippen molar-refractivity contribution in [3.63, 3.8) is 0 Å². The highest BCUT2D eigenvalue weighted by Gasteiger charge is 2.22. The number of unbranched alkanes of at least 4 members (excludes halogenated alkanes) is 3. The predicted octanol–water partition coefficient (Wildman–Crippen LogP) is 10.1. The van der Waals surface area contributed by atoms with Crippen molar-refractivity contribution in [2.75, 3.05) is 7.11 Å². The Morgan fingerprint density at radius 3 is 1.74 bits per heavy atom. The Labute approximate surface area is 212 Å².